The maximum atomic E-state index is 11.7. The number of esters is 1. The van der Waals surface area contributed by atoms with Crippen LogP contribution in [0.5, 0.6) is 0 Å². The Labute approximate surface area is 111 Å². The lowest BCUT2D eigenvalue weighted by Crippen LogP contribution is -2.14. The molecule has 0 aliphatic heterocycles. The Balaban J connectivity index is 4.10. The Hall–Kier alpha value is -1.31. The molecule has 0 aliphatic carbocycles. The third-order valence-corrected chi connectivity index (χ3v) is 2.91. The highest BCUT2D eigenvalue weighted by Gasteiger charge is 2.10. The van der Waals surface area contributed by atoms with Gasteiger partial charge in [0.15, 0.2) is 0 Å². The Kier molecular flexibility index (Phi) is 10.0. The van der Waals surface area contributed by atoms with Crippen molar-refractivity contribution in [3.05, 3.63) is 36.5 Å². The molecule has 0 rings (SSSR count). The van der Waals surface area contributed by atoms with E-state index in [-0.39, 0.29) is 5.97 Å². The summed E-state index contributed by atoms with van der Waals surface area (Å²) in [6, 6.07) is 0. The van der Waals surface area contributed by atoms with Gasteiger partial charge >= 0.3 is 5.97 Å². The number of hydrogen-bond acceptors (Lipinski definition) is 2. The SMILES string of the molecule is C=C/C=C/C=C(\C)C(=O)OCC(CC)CCCC. The lowest BCUT2D eigenvalue weighted by Gasteiger charge is -2.14. The summed E-state index contributed by atoms with van der Waals surface area (Å²) < 4.78 is 5.32. The normalized spacial score (nSPS) is 13.6. The molecule has 0 saturated carbocycles. The molecule has 0 bridgehead atoms. The van der Waals surface area contributed by atoms with Gasteiger partial charge in [0.2, 0.25) is 0 Å². The van der Waals surface area contributed by atoms with E-state index in [1.54, 1.807) is 31.2 Å². The number of ether oxygens (including phenoxy) is 1. The number of hydrogen-bond donors (Lipinski definition) is 0. The topological polar surface area (TPSA) is 26.3 Å². The van der Waals surface area contributed by atoms with E-state index in [1.807, 2.05) is 0 Å². The zero-order chi connectivity index (χ0) is 13.8. The largest absolute Gasteiger partial charge is 0.462 e. The summed E-state index contributed by atoms with van der Waals surface area (Å²) >= 11 is 0. The summed E-state index contributed by atoms with van der Waals surface area (Å²) in [5, 5.41) is 0. The molecule has 0 aromatic heterocycles. The second kappa shape index (κ2) is 10.8. The molecule has 0 spiro atoms. The molecule has 0 aliphatic rings. The second-order valence-electron chi connectivity index (χ2n) is 4.49. The minimum absolute atomic E-state index is 0.223. The summed E-state index contributed by atoms with van der Waals surface area (Å²) in [6.07, 6.45) is 11.6. The van der Waals surface area contributed by atoms with Crippen LogP contribution in [-0.2, 0) is 9.53 Å². The lowest BCUT2D eigenvalue weighted by molar-refractivity contribution is -0.140. The maximum Gasteiger partial charge on any atom is 0.333 e. The lowest BCUT2D eigenvalue weighted by atomic mass is 10.0. The van der Waals surface area contributed by atoms with Crippen molar-refractivity contribution >= 4 is 5.97 Å². The molecule has 0 saturated heterocycles. The molecule has 0 amide bonds. The average molecular weight is 250 g/mol. The maximum absolute atomic E-state index is 11.7. The van der Waals surface area contributed by atoms with Crippen LogP contribution >= 0.6 is 0 Å². The van der Waals surface area contributed by atoms with Gasteiger partial charge in [-0.1, -0.05) is 64.0 Å². The number of rotatable bonds is 9. The molecule has 0 radical (unpaired) electrons. The number of carbonyl (C=O) groups is 1. The molecule has 1 unspecified atom stereocenters. The third-order valence-electron chi connectivity index (χ3n) is 2.91. The van der Waals surface area contributed by atoms with E-state index >= 15 is 0 Å². The van der Waals surface area contributed by atoms with Crippen molar-refractivity contribution in [1.82, 2.24) is 0 Å². The van der Waals surface area contributed by atoms with Gasteiger partial charge in [-0.2, -0.15) is 0 Å². The molecule has 0 fully saturated rings. The predicted octanol–water partition coefficient (Wildman–Crippen LogP) is 4.43. The molecule has 0 N–H and O–H groups in total. The molecule has 0 aromatic carbocycles. The highest BCUT2D eigenvalue weighted by molar-refractivity contribution is 5.88. The zero-order valence-electron chi connectivity index (χ0n) is 11.9. The first-order valence-electron chi connectivity index (χ1n) is 6.78. The summed E-state index contributed by atoms with van der Waals surface area (Å²) in [5.41, 5.74) is 0.624. The predicted molar refractivity (Wildman–Crippen MR) is 77.4 cm³/mol. The van der Waals surface area contributed by atoms with Crippen molar-refractivity contribution < 1.29 is 9.53 Å². The second-order valence-corrected chi connectivity index (χ2v) is 4.49. The number of unbranched alkanes of at least 4 members (excludes halogenated alkanes) is 1. The van der Waals surface area contributed by atoms with Gasteiger partial charge in [0, 0.05) is 5.57 Å². The van der Waals surface area contributed by atoms with Crippen molar-refractivity contribution in [2.75, 3.05) is 6.61 Å². The molecular formula is C16H26O2. The van der Waals surface area contributed by atoms with Crippen LogP contribution in [-0.4, -0.2) is 12.6 Å². The fourth-order valence-electron chi connectivity index (χ4n) is 1.55. The first-order valence-corrected chi connectivity index (χ1v) is 6.78. The number of allylic oxidation sites excluding steroid dienone is 4. The van der Waals surface area contributed by atoms with Crippen molar-refractivity contribution in [2.24, 2.45) is 5.92 Å². The van der Waals surface area contributed by atoms with Crippen LogP contribution in [0.2, 0.25) is 0 Å². The molecule has 102 valence electrons. The smallest absolute Gasteiger partial charge is 0.333 e. The van der Waals surface area contributed by atoms with Gasteiger partial charge in [0.05, 0.1) is 6.61 Å². The van der Waals surface area contributed by atoms with Crippen LogP contribution in [0.1, 0.15) is 46.5 Å². The van der Waals surface area contributed by atoms with Gasteiger partial charge < -0.3 is 4.74 Å². The van der Waals surface area contributed by atoms with Gasteiger partial charge in [0.1, 0.15) is 0 Å². The van der Waals surface area contributed by atoms with Crippen molar-refractivity contribution in [3.8, 4) is 0 Å². The van der Waals surface area contributed by atoms with Crippen LogP contribution in [0.4, 0.5) is 0 Å². The fraction of sp³-hybridized carbons (Fsp3) is 0.562. The first-order chi connectivity index (χ1) is 8.65. The average Bonchev–Trinajstić information content (AvgIpc) is 2.38. The Morgan fingerprint density at radius 3 is 2.61 bits per heavy atom. The molecule has 0 heterocycles. The fourth-order valence-corrected chi connectivity index (χ4v) is 1.55. The highest BCUT2D eigenvalue weighted by atomic mass is 16.5. The molecule has 0 aromatic rings. The Morgan fingerprint density at radius 2 is 2.06 bits per heavy atom. The Bertz CT molecular complexity index is 300. The molecule has 2 heteroatoms. The van der Waals surface area contributed by atoms with Gasteiger partial charge in [-0.25, -0.2) is 4.79 Å². The summed E-state index contributed by atoms with van der Waals surface area (Å²) in [6.45, 7) is 10.2. The van der Waals surface area contributed by atoms with Gasteiger partial charge in [-0.15, -0.1) is 0 Å². The Morgan fingerprint density at radius 1 is 1.33 bits per heavy atom. The first kappa shape index (κ1) is 16.7. The van der Waals surface area contributed by atoms with E-state index in [0.717, 1.165) is 12.8 Å². The molecule has 1 atom stereocenters. The summed E-state index contributed by atoms with van der Waals surface area (Å²) in [5.74, 6) is 0.268. The van der Waals surface area contributed by atoms with Crippen LogP contribution in [0, 0.1) is 5.92 Å². The minimum Gasteiger partial charge on any atom is -0.462 e. The van der Waals surface area contributed by atoms with Crippen LogP contribution in [0.25, 0.3) is 0 Å². The van der Waals surface area contributed by atoms with Crippen molar-refractivity contribution in [3.63, 3.8) is 0 Å². The summed E-state index contributed by atoms with van der Waals surface area (Å²) in [7, 11) is 0. The van der Waals surface area contributed by atoms with E-state index in [1.165, 1.54) is 12.8 Å². The van der Waals surface area contributed by atoms with Crippen molar-refractivity contribution in [2.45, 2.75) is 46.5 Å². The van der Waals surface area contributed by atoms with Crippen LogP contribution in [0.15, 0.2) is 36.5 Å². The van der Waals surface area contributed by atoms with Crippen LogP contribution < -0.4 is 0 Å². The van der Waals surface area contributed by atoms with E-state index in [4.69, 9.17) is 4.74 Å². The van der Waals surface area contributed by atoms with E-state index in [2.05, 4.69) is 20.4 Å². The van der Waals surface area contributed by atoms with Crippen LogP contribution in [0.3, 0.4) is 0 Å². The molecule has 18 heavy (non-hydrogen) atoms. The minimum atomic E-state index is -0.223. The van der Waals surface area contributed by atoms with Crippen molar-refractivity contribution in [1.29, 1.82) is 0 Å². The quantitative estimate of drug-likeness (QED) is 0.343. The highest BCUT2D eigenvalue weighted by Crippen LogP contribution is 2.13. The van der Waals surface area contributed by atoms with Gasteiger partial charge in [-0.05, 0) is 19.3 Å². The van der Waals surface area contributed by atoms with E-state index in [0.29, 0.717) is 18.1 Å². The third kappa shape index (κ3) is 7.88. The van der Waals surface area contributed by atoms with E-state index < -0.39 is 0 Å². The standard InChI is InChI=1S/C16H26O2/c1-5-8-10-11-14(4)16(17)18-13-15(7-3)12-9-6-2/h5,8,10-11,15H,1,6-7,9,12-13H2,2-4H3/b10-8+,14-11+. The van der Waals surface area contributed by atoms with Gasteiger partial charge in [0.25, 0.3) is 0 Å². The monoisotopic (exact) mass is 250 g/mol. The number of carbonyl (C=O) groups excluding carboxylic acids is 1. The zero-order valence-corrected chi connectivity index (χ0v) is 11.9. The summed E-state index contributed by atoms with van der Waals surface area (Å²) in [4.78, 5) is 11.7. The molecule has 2 nitrogen and oxygen atoms in total. The van der Waals surface area contributed by atoms with E-state index in [9.17, 15) is 4.79 Å². The van der Waals surface area contributed by atoms with Gasteiger partial charge in [-0.3, -0.25) is 0 Å². The molecular weight excluding hydrogens is 224 g/mol.